The monoisotopic (exact) mass is 248 g/mol. The van der Waals surface area contributed by atoms with E-state index in [4.69, 9.17) is 11.6 Å². The molecule has 2 rings (SSSR count). The van der Waals surface area contributed by atoms with E-state index in [-0.39, 0.29) is 0 Å². The van der Waals surface area contributed by atoms with Crippen molar-refractivity contribution in [2.75, 3.05) is 0 Å². The van der Waals surface area contributed by atoms with Crippen molar-refractivity contribution in [3.05, 3.63) is 70.5 Å². The molecular weight excluding hydrogens is 239 g/mol. The molecule has 0 heterocycles. The van der Waals surface area contributed by atoms with Crippen LogP contribution >= 0.6 is 11.6 Å². The third-order valence-corrected chi connectivity index (χ3v) is 2.76. The molecule has 0 aliphatic rings. The maximum absolute atomic E-state index is 13.2. The second kappa shape index (κ2) is 5.11. The Morgan fingerprint density at radius 3 is 2.35 bits per heavy atom. The van der Waals surface area contributed by atoms with Gasteiger partial charge in [0.15, 0.2) is 0 Å². The molecule has 0 radical (unpaired) electrons. The molecule has 0 N–H and O–H groups in total. The highest BCUT2D eigenvalue weighted by Gasteiger charge is 2.14. The molecule has 0 bridgehead atoms. The van der Waals surface area contributed by atoms with Crippen LogP contribution < -0.4 is 0 Å². The van der Waals surface area contributed by atoms with Gasteiger partial charge in [0.05, 0.1) is 5.92 Å². The van der Waals surface area contributed by atoms with Gasteiger partial charge in [-0.15, -0.1) is 0 Å². The summed E-state index contributed by atoms with van der Waals surface area (Å²) in [5.74, 6) is -0.917. The fraction of sp³-hybridized carbons (Fsp3) is 0.0714. The molecule has 1 nitrogen and oxygen atoms in total. The van der Waals surface area contributed by atoms with Gasteiger partial charge in [-0.1, -0.05) is 41.9 Å². The Morgan fingerprint density at radius 1 is 1.06 bits per heavy atom. The standard InChI is InChI=1S/C14H10ClFO/c15-12-6-11(7-13(16)8-12)14(9-17)10-4-2-1-3-5-10/h1-9,14H. The molecule has 0 aliphatic carbocycles. The normalized spacial score (nSPS) is 12.1. The Labute approximate surface area is 104 Å². The first-order valence-corrected chi connectivity index (χ1v) is 5.55. The van der Waals surface area contributed by atoms with E-state index in [2.05, 4.69) is 0 Å². The third-order valence-electron chi connectivity index (χ3n) is 2.54. The van der Waals surface area contributed by atoms with Gasteiger partial charge in [0.1, 0.15) is 12.1 Å². The van der Waals surface area contributed by atoms with Gasteiger partial charge in [-0.05, 0) is 29.3 Å². The van der Waals surface area contributed by atoms with E-state index in [0.717, 1.165) is 11.8 Å². The van der Waals surface area contributed by atoms with Gasteiger partial charge < -0.3 is 4.79 Å². The Bertz CT molecular complexity index is 505. The fourth-order valence-electron chi connectivity index (χ4n) is 1.76. The summed E-state index contributed by atoms with van der Waals surface area (Å²) in [4.78, 5) is 11.2. The van der Waals surface area contributed by atoms with Crippen LogP contribution in [0, 0.1) is 5.82 Å². The van der Waals surface area contributed by atoms with Crippen molar-refractivity contribution in [1.82, 2.24) is 0 Å². The molecule has 0 saturated heterocycles. The number of halogens is 2. The van der Waals surface area contributed by atoms with Crippen molar-refractivity contribution in [3.8, 4) is 0 Å². The molecular formula is C14H10ClFO. The van der Waals surface area contributed by atoms with Gasteiger partial charge in [0, 0.05) is 5.02 Å². The van der Waals surface area contributed by atoms with Crippen LogP contribution in [0.15, 0.2) is 48.5 Å². The van der Waals surface area contributed by atoms with E-state index in [9.17, 15) is 9.18 Å². The second-order valence-electron chi connectivity index (χ2n) is 3.73. The maximum atomic E-state index is 13.2. The van der Waals surface area contributed by atoms with Crippen molar-refractivity contribution in [1.29, 1.82) is 0 Å². The number of carbonyl (C=O) groups excluding carboxylic acids is 1. The average molecular weight is 249 g/mol. The van der Waals surface area contributed by atoms with E-state index in [1.165, 1.54) is 12.1 Å². The zero-order valence-corrected chi connectivity index (χ0v) is 9.69. The maximum Gasteiger partial charge on any atom is 0.131 e. The lowest BCUT2D eigenvalue weighted by atomic mass is 9.93. The van der Waals surface area contributed by atoms with Gasteiger partial charge in [-0.2, -0.15) is 0 Å². The molecule has 0 aromatic heterocycles. The molecule has 1 atom stereocenters. The number of rotatable bonds is 3. The van der Waals surface area contributed by atoms with Gasteiger partial charge in [-0.3, -0.25) is 0 Å². The summed E-state index contributed by atoms with van der Waals surface area (Å²) in [6, 6.07) is 13.4. The predicted molar refractivity (Wildman–Crippen MR) is 65.8 cm³/mol. The summed E-state index contributed by atoms with van der Waals surface area (Å²) in [5.41, 5.74) is 1.39. The third kappa shape index (κ3) is 2.71. The quantitative estimate of drug-likeness (QED) is 0.755. The van der Waals surface area contributed by atoms with Crippen molar-refractivity contribution in [3.63, 3.8) is 0 Å². The number of hydrogen-bond acceptors (Lipinski definition) is 1. The van der Waals surface area contributed by atoms with Crippen molar-refractivity contribution in [2.24, 2.45) is 0 Å². The first kappa shape index (κ1) is 11.8. The lowest BCUT2D eigenvalue weighted by Crippen LogP contribution is -2.02. The second-order valence-corrected chi connectivity index (χ2v) is 4.16. The topological polar surface area (TPSA) is 17.1 Å². The minimum absolute atomic E-state index is 0.294. The Kier molecular flexibility index (Phi) is 3.55. The van der Waals surface area contributed by atoms with E-state index in [0.29, 0.717) is 10.6 Å². The van der Waals surface area contributed by atoms with Crippen LogP contribution in [0.4, 0.5) is 4.39 Å². The molecule has 2 aromatic rings. The Hall–Kier alpha value is -1.67. The van der Waals surface area contributed by atoms with E-state index in [1.807, 2.05) is 30.3 Å². The minimum atomic E-state index is -0.482. The van der Waals surface area contributed by atoms with Gasteiger partial charge in [0.25, 0.3) is 0 Å². The van der Waals surface area contributed by atoms with E-state index >= 15 is 0 Å². The van der Waals surface area contributed by atoms with Crippen LogP contribution in [-0.4, -0.2) is 6.29 Å². The largest absolute Gasteiger partial charge is 0.302 e. The van der Waals surface area contributed by atoms with Crippen molar-refractivity contribution < 1.29 is 9.18 Å². The summed E-state index contributed by atoms with van der Waals surface area (Å²) in [6.07, 6.45) is 0.792. The van der Waals surface area contributed by atoms with Gasteiger partial charge in [-0.25, -0.2) is 4.39 Å². The Balaban J connectivity index is 2.46. The summed E-state index contributed by atoms with van der Waals surface area (Å²) in [7, 11) is 0. The molecule has 0 fully saturated rings. The van der Waals surface area contributed by atoms with Crippen LogP contribution in [0.5, 0.6) is 0 Å². The molecule has 2 aromatic carbocycles. The smallest absolute Gasteiger partial charge is 0.131 e. The van der Waals surface area contributed by atoms with Crippen LogP contribution in [0.2, 0.25) is 5.02 Å². The van der Waals surface area contributed by atoms with E-state index < -0.39 is 11.7 Å². The zero-order chi connectivity index (χ0) is 12.3. The highest BCUT2D eigenvalue weighted by Crippen LogP contribution is 2.25. The molecule has 86 valence electrons. The first-order valence-electron chi connectivity index (χ1n) is 5.17. The molecule has 0 saturated carbocycles. The average Bonchev–Trinajstić information content (AvgIpc) is 2.30. The van der Waals surface area contributed by atoms with Crippen LogP contribution in [0.3, 0.4) is 0 Å². The lowest BCUT2D eigenvalue weighted by Gasteiger charge is -2.11. The summed E-state index contributed by atoms with van der Waals surface area (Å²) in [5, 5.41) is 0.294. The highest BCUT2D eigenvalue weighted by molar-refractivity contribution is 6.30. The van der Waals surface area contributed by atoms with Gasteiger partial charge >= 0.3 is 0 Å². The van der Waals surface area contributed by atoms with Gasteiger partial charge in [0.2, 0.25) is 0 Å². The van der Waals surface area contributed by atoms with Crippen LogP contribution in [0.1, 0.15) is 17.0 Å². The summed E-state index contributed by atoms with van der Waals surface area (Å²) in [6.45, 7) is 0. The van der Waals surface area contributed by atoms with Crippen LogP contribution in [0.25, 0.3) is 0 Å². The number of carbonyl (C=O) groups is 1. The molecule has 0 spiro atoms. The minimum Gasteiger partial charge on any atom is -0.302 e. The number of benzene rings is 2. The first-order chi connectivity index (χ1) is 8.20. The molecule has 0 amide bonds. The Morgan fingerprint density at radius 2 is 1.76 bits per heavy atom. The molecule has 3 heteroatoms. The van der Waals surface area contributed by atoms with Crippen molar-refractivity contribution in [2.45, 2.75) is 5.92 Å². The summed E-state index contributed by atoms with van der Waals surface area (Å²) >= 11 is 5.78. The number of aldehydes is 1. The fourth-order valence-corrected chi connectivity index (χ4v) is 1.99. The molecule has 1 unspecified atom stereocenters. The van der Waals surface area contributed by atoms with Crippen LogP contribution in [-0.2, 0) is 4.79 Å². The highest BCUT2D eigenvalue weighted by atomic mass is 35.5. The zero-order valence-electron chi connectivity index (χ0n) is 8.94. The number of hydrogen-bond donors (Lipinski definition) is 0. The predicted octanol–water partition coefficient (Wildman–Crippen LogP) is 3.81. The lowest BCUT2D eigenvalue weighted by molar-refractivity contribution is -0.108. The molecule has 0 aliphatic heterocycles. The summed E-state index contributed by atoms with van der Waals surface area (Å²) < 4.78 is 13.2. The van der Waals surface area contributed by atoms with Crippen molar-refractivity contribution >= 4 is 17.9 Å². The molecule has 17 heavy (non-hydrogen) atoms. The SMILES string of the molecule is O=CC(c1ccccc1)c1cc(F)cc(Cl)c1. The van der Waals surface area contributed by atoms with E-state index in [1.54, 1.807) is 6.07 Å².